The van der Waals surface area contributed by atoms with Crippen LogP contribution in [-0.2, 0) is 0 Å². The summed E-state index contributed by atoms with van der Waals surface area (Å²) in [6, 6.07) is 25.7. The van der Waals surface area contributed by atoms with Gasteiger partial charge in [-0.25, -0.2) is 0 Å². The zero-order valence-electron chi connectivity index (χ0n) is 17.2. The molecule has 3 aliphatic rings. The minimum Gasteiger partial charge on any atom is -0.372 e. The molecule has 1 unspecified atom stereocenters. The molecule has 0 amide bonds. The number of rotatable bonds is 3. The summed E-state index contributed by atoms with van der Waals surface area (Å²) < 4.78 is 1.48. The average Bonchev–Trinajstić information content (AvgIpc) is 3.61. The number of nitrogens with one attached hydrogen (secondary N) is 1. The molecule has 0 bridgehead atoms. The second-order valence-corrected chi connectivity index (χ2v) is 8.53. The summed E-state index contributed by atoms with van der Waals surface area (Å²) in [7, 11) is 1.87. The van der Waals surface area contributed by atoms with Gasteiger partial charge in [0, 0.05) is 24.4 Å². The molecule has 0 aromatic heterocycles. The minimum atomic E-state index is -0.273. The third-order valence-corrected chi connectivity index (χ3v) is 6.45. The number of anilines is 1. The van der Waals surface area contributed by atoms with Gasteiger partial charge in [-0.1, -0.05) is 54.6 Å². The molecule has 1 aliphatic carbocycles. The van der Waals surface area contributed by atoms with Crippen molar-refractivity contribution in [2.24, 2.45) is 10.1 Å². The van der Waals surface area contributed by atoms with Gasteiger partial charge in [0.15, 0.2) is 6.17 Å². The van der Waals surface area contributed by atoms with Crippen molar-refractivity contribution in [3.05, 3.63) is 89.5 Å². The van der Waals surface area contributed by atoms with Crippen LogP contribution in [0.3, 0.4) is 0 Å². The highest BCUT2D eigenvalue weighted by molar-refractivity contribution is 6.21. The predicted octanol–water partition coefficient (Wildman–Crippen LogP) is 5.46. The second kappa shape index (κ2) is 7.13. The van der Waals surface area contributed by atoms with Gasteiger partial charge in [-0.3, -0.25) is 4.90 Å². The van der Waals surface area contributed by atoms with Gasteiger partial charge in [0.1, 0.15) is 5.84 Å². The van der Waals surface area contributed by atoms with Gasteiger partial charge in [0.05, 0.1) is 5.69 Å². The number of para-hydroxylation sites is 1. The Balaban J connectivity index is 1.39. The number of hydrogen-bond donors (Lipinski definition) is 1. The molecule has 1 N–H and O–H groups in total. The lowest BCUT2D eigenvalue weighted by Gasteiger charge is -2.32. The Hall–Kier alpha value is -3.31. The summed E-state index contributed by atoms with van der Waals surface area (Å²) in [6.45, 7) is 0. The predicted molar refractivity (Wildman–Crippen MR) is 126 cm³/mol. The zero-order chi connectivity index (χ0) is 20.9. The van der Waals surface area contributed by atoms with Crippen LogP contribution in [0.1, 0.15) is 41.6 Å². The first-order valence-corrected chi connectivity index (χ1v) is 11.0. The number of aliphatic imine (C=N–C) groups is 1. The maximum atomic E-state index is 6.62. The number of halogens is 1. The largest absolute Gasteiger partial charge is 0.372 e. The van der Waals surface area contributed by atoms with Crippen LogP contribution in [0.15, 0.2) is 82.9 Å². The lowest BCUT2D eigenvalue weighted by molar-refractivity contribution is 0.404. The molecule has 6 heteroatoms. The normalized spacial score (nSPS) is 19.5. The van der Waals surface area contributed by atoms with Crippen LogP contribution in [0, 0.1) is 0 Å². The third kappa shape index (κ3) is 3.08. The van der Waals surface area contributed by atoms with E-state index in [9.17, 15) is 0 Å². The maximum absolute atomic E-state index is 6.62. The number of amidine groups is 1. The molecule has 3 aromatic carbocycles. The first-order chi connectivity index (χ1) is 15.2. The highest BCUT2D eigenvalue weighted by atomic mass is 35.5. The van der Waals surface area contributed by atoms with E-state index in [1.165, 1.54) is 34.1 Å². The number of guanidine groups is 1. The van der Waals surface area contributed by atoms with E-state index >= 15 is 0 Å². The van der Waals surface area contributed by atoms with Crippen molar-refractivity contribution in [1.29, 1.82) is 0 Å². The second-order valence-electron chi connectivity index (χ2n) is 8.18. The molecule has 1 saturated carbocycles. The molecular weight excluding hydrogens is 406 g/mol. The van der Waals surface area contributed by atoms with Crippen molar-refractivity contribution >= 4 is 29.3 Å². The molecule has 3 aromatic rings. The van der Waals surface area contributed by atoms with E-state index in [1.807, 2.05) is 19.2 Å². The first kappa shape index (κ1) is 18.5. The van der Waals surface area contributed by atoms with E-state index in [0.717, 1.165) is 28.6 Å². The van der Waals surface area contributed by atoms with Crippen molar-refractivity contribution in [3.63, 3.8) is 0 Å². The minimum absolute atomic E-state index is 0.273. The fraction of sp³-hybridized carbons (Fsp3) is 0.200. The lowest BCUT2D eigenvalue weighted by Crippen LogP contribution is -2.38. The SMILES string of the molecule is CNC1=NC2=NN(Cl)C(c3cccc(-c4ccc(C5CC5)cc4)c3)N2c2ccccc21. The Kier molecular flexibility index (Phi) is 4.25. The van der Waals surface area contributed by atoms with Crippen molar-refractivity contribution in [3.8, 4) is 11.1 Å². The lowest BCUT2D eigenvalue weighted by atomic mass is 9.99. The van der Waals surface area contributed by atoms with Crippen LogP contribution in [-0.4, -0.2) is 23.4 Å². The monoisotopic (exact) mass is 427 g/mol. The van der Waals surface area contributed by atoms with Crippen LogP contribution < -0.4 is 10.2 Å². The Morgan fingerprint density at radius 3 is 2.48 bits per heavy atom. The quantitative estimate of drug-likeness (QED) is 0.565. The van der Waals surface area contributed by atoms with Crippen LogP contribution in [0.25, 0.3) is 11.1 Å². The van der Waals surface area contributed by atoms with Crippen LogP contribution in [0.5, 0.6) is 0 Å². The Morgan fingerprint density at radius 1 is 0.903 bits per heavy atom. The van der Waals surface area contributed by atoms with E-state index in [0.29, 0.717) is 5.96 Å². The topological polar surface area (TPSA) is 43.2 Å². The van der Waals surface area contributed by atoms with Crippen molar-refractivity contribution in [2.75, 3.05) is 11.9 Å². The highest BCUT2D eigenvalue weighted by Crippen LogP contribution is 2.42. The summed E-state index contributed by atoms with van der Waals surface area (Å²) in [5, 5.41) is 7.69. The van der Waals surface area contributed by atoms with Gasteiger partial charge in [-0.2, -0.15) is 9.52 Å². The zero-order valence-corrected chi connectivity index (χ0v) is 17.9. The molecule has 1 atom stereocenters. The molecule has 0 radical (unpaired) electrons. The number of benzene rings is 3. The number of fused-ring (bicyclic) bond motifs is 3. The van der Waals surface area contributed by atoms with Gasteiger partial charge in [0.2, 0.25) is 0 Å². The fourth-order valence-corrected chi connectivity index (χ4v) is 4.73. The first-order valence-electron chi connectivity index (χ1n) is 10.6. The van der Waals surface area contributed by atoms with Crippen LogP contribution >= 0.6 is 11.8 Å². The molecule has 0 saturated heterocycles. The van der Waals surface area contributed by atoms with Gasteiger partial charge in [-0.15, -0.1) is 5.10 Å². The summed E-state index contributed by atoms with van der Waals surface area (Å²) in [4.78, 5) is 6.79. The van der Waals surface area contributed by atoms with Crippen molar-refractivity contribution in [2.45, 2.75) is 24.9 Å². The molecule has 31 heavy (non-hydrogen) atoms. The van der Waals surface area contributed by atoms with E-state index in [4.69, 9.17) is 16.8 Å². The number of hydrazone groups is 1. The Bertz CT molecular complexity index is 1210. The van der Waals surface area contributed by atoms with Gasteiger partial charge >= 0.3 is 0 Å². The van der Waals surface area contributed by atoms with Crippen LogP contribution in [0.4, 0.5) is 5.69 Å². The van der Waals surface area contributed by atoms with Gasteiger partial charge < -0.3 is 5.32 Å². The Morgan fingerprint density at radius 2 is 1.71 bits per heavy atom. The summed E-state index contributed by atoms with van der Waals surface area (Å²) >= 11 is 6.62. The van der Waals surface area contributed by atoms with Crippen LogP contribution in [0.2, 0.25) is 0 Å². The number of nitrogens with zero attached hydrogens (tertiary/aromatic N) is 4. The summed E-state index contributed by atoms with van der Waals surface area (Å²) in [5.74, 6) is 2.14. The number of hydrogen-bond acceptors (Lipinski definition) is 5. The van der Waals surface area contributed by atoms with Gasteiger partial charge in [-0.05, 0) is 59.2 Å². The molecule has 6 rings (SSSR count). The van der Waals surface area contributed by atoms with E-state index in [2.05, 4.69) is 76.0 Å². The Labute approximate surface area is 186 Å². The van der Waals surface area contributed by atoms with E-state index < -0.39 is 0 Å². The molecular formula is C25H22ClN5. The summed E-state index contributed by atoms with van der Waals surface area (Å²) in [6.07, 6.45) is 2.37. The van der Waals surface area contributed by atoms with E-state index in [1.54, 1.807) is 0 Å². The van der Waals surface area contributed by atoms with Crippen molar-refractivity contribution < 1.29 is 0 Å². The van der Waals surface area contributed by atoms with E-state index in [-0.39, 0.29) is 6.17 Å². The molecule has 0 spiro atoms. The fourth-order valence-electron chi connectivity index (χ4n) is 4.46. The average molecular weight is 428 g/mol. The maximum Gasteiger partial charge on any atom is 0.252 e. The molecule has 1 fully saturated rings. The molecule has 5 nitrogen and oxygen atoms in total. The summed E-state index contributed by atoms with van der Waals surface area (Å²) in [5.41, 5.74) is 6.96. The molecule has 2 aliphatic heterocycles. The molecule has 2 heterocycles. The van der Waals surface area contributed by atoms with Crippen molar-refractivity contribution in [1.82, 2.24) is 9.84 Å². The third-order valence-electron chi connectivity index (χ3n) is 6.19. The van der Waals surface area contributed by atoms with Gasteiger partial charge in [0.25, 0.3) is 5.96 Å². The standard InChI is InChI=1S/C25H22ClN5/c1-27-23-21-7-2-3-8-22(21)30-24(31(26)29-25(30)28-23)20-6-4-5-19(15-20)18-13-11-17(12-14-18)16-9-10-16/h2-8,11-16,24H,9-10H2,1H3,(H,27,28,29). The highest BCUT2D eigenvalue weighted by Gasteiger charge is 2.40. The smallest absolute Gasteiger partial charge is 0.252 e. The molecule has 154 valence electrons.